The predicted molar refractivity (Wildman–Crippen MR) is 111 cm³/mol. The van der Waals surface area contributed by atoms with Crippen LogP contribution in [-0.4, -0.2) is 28.0 Å². The number of carbonyl (C=O) groups is 2. The second kappa shape index (κ2) is 7.77. The quantitative estimate of drug-likeness (QED) is 0.585. The van der Waals surface area contributed by atoms with Crippen LogP contribution in [0, 0.1) is 6.92 Å². The third-order valence-electron chi connectivity index (χ3n) is 4.84. The van der Waals surface area contributed by atoms with Crippen LogP contribution in [0.1, 0.15) is 22.4 Å². The topological polar surface area (TPSA) is 73.2 Å². The number of ether oxygens (including phenoxy) is 1. The summed E-state index contributed by atoms with van der Waals surface area (Å²) in [6.07, 6.45) is -2.94. The van der Waals surface area contributed by atoms with Crippen LogP contribution < -0.4 is 10.1 Å². The molecule has 6 nitrogen and oxygen atoms in total. The molecule has 160 valence electrons. The minimum absolute atomic E-state index is 0.0708. The number of rotatable bonds is 4. The van der Waals surface area contributed by atoms with Gasteiger partial charge in [0.2, 0.25) is 0 Å². The summed E-state index contributed by atoms with van der Waals surface area (Å²) >= 11 is 0.816. The van der Waals surface area contributed by atoms with Gasteiger partial charge in [-0.2, -0.15) is 18.3 Å². The molecule has 4 rings (SSSR count). The van der Waals surface area contributed by atoms with Crippen molar-refractivity contribution in [3.8, 4) is 5.75 Å². The van der Waals surface area contributed by atoms with Gasteiger partial charge in [-0.25, -0.2) is 0 Å². The van der Waals surface area contributed by atoms with Crippen molar-refractivity contribution in [1.82, 2.24) is 15.1 Å². The Morgan fingerprint density at radius 1 is 1.19 bits per heavy atom. The average Bonchev–Trinajstić information content (AvgIpc) is 3.19. The van der Waals surface area contributed by atoms with E-state index in [2.05, 4.69) is 10.4 Å². The van der Waals surface area contributed by atoms with Gasteiger partial charge in [-0.1, -0.05) is 12.1 Å². The molecule has 0 spiro atoms. The number of nitrogens with zero attached hydrogens (tertiary/aromatic N) is 2. The van der Waals surface area contributed by atoms with Crippen molar-refractivity contribution in [3.63, 3.8) is 0 Å². The Kier molecular flexibility index (Phi) is 5.26. The molecule has 0 saturated carbocycles. The Bertz CT molecular complexity index is 1250. The fourth-order valence-corrected chi connectivity index (χ4v) is 4.07. The number of amides is 2. The molecular weight excluding hydrogens is 431 g/mol. The lowest BCUT2D eigenvalue weighted by atomic mass is 10.1. The molecule has 1 aliphatic rings. The average molecular weight is 447 g/mol. The Balaban J connectivity index is 1.72. The standard InChI is InChI=1S/C21H16F3N3O3S/c1-11-15-7-12(8-18-19(28)25-20(29)31-18)3-6-17(15)27(26-11)10-13-4-5-14(30-2)9-16(13)21(22,23)24/h3-9H,10H2,1-2H3,(H,25,28,29). The molecule has 0 atom stereocenters. The molecule has 3 aromatic rings. The summed E-state index contributed by atoms with van der Waals surface area (Å²) in [5, 5.41) is 6.91. The molecule has 0 bridgehead atoms. The number of fused-ring (bicyclic) bond motifs is 1. The van der Waals surface area contributed by atoms with E-state index in [1.807, 2.05) is 0 Å². The Morgan fingerprint density at radius 3 is 2.61 bits per heavy atom. The zero-order valence-electron chi connectivity index (χ0n) is 16.4. The molecule has 1 aromatic heterocycles. The molecule has 0 aliphatic carbocycles. The van der Waals surface area contributed by atoms with E-state index in [-0.39, 0.29) is 22.8 Å². The molecule has 2 heterocycles. The molecule has 1 saturated heterocycles. The van der Waals surface area contributed by atoms with Crippen LogP contribution in [-0.2, 0) is 17.5 Å². The molecule has 1 N–H and O–H groups in total. The van der Waals surface area contributed by atoms with Crippen molar-refractivity contribution in [2.24, 2.45) is 0 Å². The first-order valence-corrected chi connectivity index (χ1v) is 9.93. The number of alkyl halides is 3. The van der Waals surface area contributed by atoms with Gasteiger partial charge in [-0.3, -0.25) is 19.6 Å². The van der Waals surface area contributed by atoms with Gasteiger partial charge < -0.3 is 4.74 Å². The highest BCUT2D eigenvalue weighted by atomic mass is 32.2. The summed E-state index contributed by atoms with van der Waals surface area (Å²) in [7, 11) is 1.32. The number of hydrogen-bond donors (Lipinski definition) is 1. The van der Waals surface area contributed by atoms with Crippen LogP contribution in [0.2, 0.25) is 0 Å². The summed E-state index contributed by atoms with van der Waals surface area (Å²) in [5.41, 5.74) is 1.27. The van der Waals surface area contributed by atoms with E-state index < -0.39 is 22.9 Å². The van der Waals surface area contributed by atoms with E-state index >= 15 is 0 Å². The smallest absolute Gasteiger partial charge is 0.416 e. The maximum atomic E-state index is 13.5. The van der Waals surface area contributed by atoms with Crippen molar-refractivity contribution in [1.29, 1.82) is 0 Å². The number of thioether (sulfide) groups is 1. The summed E-state index contributed by atoms with van der Waals surface area (Å²) in [5.74, 6) is -0.329. The Morgan fingerprint density at radius 2 is 1.97 bits per heavy atom. The number of halogens is 3. The van der Waals surface area contributed by atoms with Crippen molar-refractivity contribution in [3.05, 3.63) is 63.7 Å². The van der Waals surface area contributed by atoms with E-state index in [0.29, 0.717) is 16.8 Å². The first kappa shape index (κ1) is 21.0. The zero-order valence-corrected chi connectivity index (χ0v) is 17.2. The van der Waals surface area contributed by atoms with Gasteiger partial charge in [0.25, 0.3) is 11.1 Å². The number of methoxy groups -OCH3 is 1. The van der Waals surface area contributed by atoms with Crippen molar-refractivity contribution in [2.75, 3.05) is 7.11 Å². The third kappa shape index (κ3) is 4.15. The second-order valence-electron chi connectivity index (χ2n) is 6.89. The maximum Gasteiger partial charge on any atom is 0.416 e. The molecule has 2 aromatic carbocycles. The van der Waals surface area contributed by atoms with E-state index in [1.165, 1.54) is 23.9 Å². The monoisotopic (exact) mass is 447 g/mol. The highest BCUT2D eigenvalue weighted by Gasteiger charge is 2.34. The number of nitrogens with one attached hydrogen (secondary N) is 1. The maximum absolute atomic E-state index is 13.5. The molecule has 2 amide bonds. The van der Waals surface area contributed by atoms with Gasteiger partial charge in [0.15, 0.2) is 0 Å². The highest BCUT2D eigenvalue weighted by Crippen LogP contribution is 2.35. The molecule has 1 fully saturated rings. The minimum atomic E-state index is -4.53. The molecular formula is C21H16F3N3O3S. The minimum Gasteiger partial charge on any atom is -0.497 e. The fourth-order valence-electron chi connectivity index (χ4n) is 3.39. The molecule has 1 aliphatic heterocycles. The number of benzene rings is 2. The predicted octanol–water partition coefficient (Wildman–Crippen LogP) is 4.74. The van der Waals surface area contributed by atoms with Crippen LogP contribution in [0.25, 0.3) is 17.0 Å². The fraction of sp³-hybridized carbons (Fsp3) is 0.190. The molecule has 31 heavy (non-hydrogen) atoms. The van der Waals surface area contributed by atoms with Gasteiger partial charge in [0, 0.05) is 5.39 Å². The van der Waals surface area contributed by atoms with Gasteiger partial charge in [-0.15, -0.1) is 0 Å². The second-order valence-corrected chi connectivity index (χ2v) is 7.91. The van der Waals surface area contributed by atoms with E-state index in [1.54, 1.807) is 31.2 Å². The first-order chi connectivity index (χ1) is 14.7. The van der Waals surface area contributed by atoms with Gasteiger partial charge in [-0.05, 0) is 60.2 Å². The summed E-state index contributed by atoms with van der Waals surface area (Å²) in [4.78, 5) is 23.4. The number of aromatic nitrogens is 2. The van der Waals surface area contributed by atoms with E-state index in [4.69, 9.17) is 4.74 Å². The normalized spacial score (nSPS) is 15.7. The van der Waals surface area contributed by atoms with Gasteiger partial charge in [0.05, 0.1) is 35.3 Å². The molecule has 0 unspecified atom stereocenters. The molecule has 0 radical (unpaired) electrons. The summed E-state index contributed by atoms with van der Waals surface area (Å²) < 4.78 is 47.1. The number of hydrogen-bond acceptors (Lipinski definition) is 5. The third-order valence-corrected chi connectivity index (χ3v) is 5.65. The Hall–Kier alpha value is -3.27. The number of imide groups is 1. The summed E-state index contributed by atoms with van der Waals surface area (Å²) in [6.45, 7) is 1.69. The van der Waals surface area contributed by atoms with E-state index in [0.717, 1.165) is 23.2 Å². The van der Waals surface area contributed by atoms with Crippen molar-refractivity contribution in [2.45, 2.75) is 19.6 Å². The van der Waals surface area contributed by atoms with Crippen LogP contribution in [0.3, 0.4) is 0 Å². The lowest BCUT2D eigenvalue weighted by Crippen LogP contribution is -2.17. The van der Waals surface area contributed by atoms with Crippen LogP contribution in [0.5, 0.6) is 5.75 Å². The number of aryl methyl sites for hydroxylation is 1. The molecule has 10 heteroatoms. The number of carbonyl (C=O) groups excluding carboxylic acids is 2. The van der Waals surface area contributed by atoms with Gasteiger partial charge in [0.1, 0.15) is 5.75 Å². The highest BCUT2D eigenvalue weighted by molar-refractivity contribution is 8.18. The van der Waals surface area contributed by atoms with E-state index in [9.17, 15) is 22.8 Å². The lowest BCUT2D eigenvalue weighted by molar-refractivity contribution is -0.138. The Labute approximate surface area is 179 Å². The van der Waals surface area contributed by atoms with Crippen molar-refractivity contribution < 1.29 is 27.5 Å². The largest absolute Gasteiger partial charge is 0.497 e. The van der Waals surface area contributed by atoms with Crippen LogP contribution in [0.15, 0.2) is 41.3 Å². The SMILES string of the molecule is COc1ccc(Cn2nc(C)c3cc(C=C4SC(=O)NC4=O)ccc32)c(C(F)(F)F)c1. The first-order valence-electron chi connectivity index (χ1n) is 9.12. The van der Waals surface area contributed by atoms with Crippen LogP contribution >= 0.6 is 11.8 Å². The van der Waals surface area contributed by atoms with Crippen molar-refractivity contribution >= 4 is 39.9 Å². The summed E-state index contributed by atoms with van der Waals surface area (Å²) in [6, 6.07) is 9.09. The zero-order chi connectivity index (χ0) is 22.3. The van der Waals surface area contributed by atoms with Gasteiger partial charge >= 0.3 is 6.18 Å². The van der Waals surface area contributed by atoms with Crippen LogP contribution in [0.4, 0.5) is 18.0 Å². The lowest BCUT2D eigenvalue weighted by Gasteiger charge is -2.15.